The van der Waals surface area contributed by atoms with Gasteiger partial charge >= 0.3 is 5.97 Å². The maximum absolute atomic E-state index is 12.5. The summed E-state index contributed by atoms with van der Waals surface area (Å²) in [7, 11) is 0. The first-order chi connectivity index (χ1) is 11.3. The minimum absolute atomic E-state index is 0.00803. The van der Waals surface area contributed by atoms with E-state index in [4.69, 9.17) is 9.47 Å². The molecule has 1 atom stereocenters. The zero-order chi connectivity index (χ0) is 15.7. The number of ether oxygens (including phenoxy) is 2. The molecule has 1 spiro atoms. The van der Waals surface area contributed by atoms with Crippen LogP contribution in [-0.4, -0.2) is 58.9 Å². The fourth-order valence-electron chi connectivity index (χ4n) is 4.34. The average molecular weight is 319 g/mol. The smallest absolute Gasteiger partial charge is 0.312 e. The van der Waals surface area contributed by atoms with Crippen LogP contribution in [0.25, 0.3) is 0 Å². The summed E-state index contributed by atoms with van der Waals surface area (Å²) in [6.45, 7) is 4.49. The first kappa shape index (κ1) is 15.1. The number of nitrogens with zero attached hydrogens (tertiary/aromatic N) is 3. The third-order valence-electron chi connectivity index (χ3n) is 5.76. The third-order valence-corrected chi connectivity index (χ3v) is 5.76. The van der Waals surface area contributed by atoms with Crippen molar-refractivity contribution in [3.8, 4) is 0 Å². The SMILES string of the molecule is O=C1OC(Cn2ccnc2)CC12CCN(C1CCOCC1)CC2. The summed E-state index contributed by atoms with van der Waals surface area (Å²) in [4.78, 5) is 19.1. The largest absolute Gasteiger partial charge is 0.460 e. The maximum Gasteiger partial charge on any atom is 0.312 e. The number of aromatic nitrogens is 2. The van der Waals surface area contributed by atoms with Gasteiger partial charge in [0.05, 0.1) is 18.3 Å². The van der Waals surface area contributed by atoms with Crippen molar-refractivity contribution in [2.45, 2.75) is 50.8 Å². The van der Waals surface area contributed by atoms with E-state index in [1.807, 2.05) is 10.8 Å². The monoisotopic (exact) mass is 319 g/mol. The van der Waals surface area contributed by atoms with Crippen molar-refractivity contribution >= 4 is 5.97 Å². The summed E-state index contributed by atoms with van der Waals surface area (Å²) < 4.78 is 13.1. The van der Waals surface area contributed by atoms with Crippen molar-refractivity contribution in [1.29, 1.82) is 0 Å². The summed E-state index contributed by atoms with van der Waals surface area (Å²) >= 11 is 0. The van der Waals surface area contributed by atoms with Gasteiger partial charge in [-0.15, -0.1) is 0 Å². The molecule has 3 fully saturated rings. The zero-order valence-electron chi connectivity index (χ0n) is 13.5. The van der Waals surface area contributed by atoms with Crippen LogP contribution in [0.2, 0.25) is 0 Å². The van der Waals surface area contributed by atoms with Crippen LogP contribution in [0.15, 0.2) is 18.7 Å². The molecular weight excluding hydrogens is 294 g/mol. The molecule has 4 heterocycles. The van der Waals surface area contributed by atoms with Gasteiger partial charge < -0.3 is 18.9 Å². The van der Waals surface area contributed by atoms with Gasteiger partial charge in [-0.1, -0.05) is 0 Å². The lowest BCUT2D eigenvalue weighted by Crippen LogP contribution is -2.48. The second-order valence-corrected chi connectivity index (χ2v) is 7.15. The van der Waals surface area contributed by atoms with Crippen molar-refractivity contribution < 1.29 is 14.3 Å². The highest BCUT2D eigenvalue weighted by Gasteiger charge is 2.50. The highest BCUT2D eigenvalue weighted by atomic mass is 16.6. The molecule has 1 aromatic rings. The van der Waals surface area contributed by atoms with Gasteiger partial charge in [0.25, 0.3) is 0 Å². The van der Waals surface area contributed by atoms with E-state index in [-0.39, 0.29) is 17.5 Å². The van der Waals surface area contributed by atoms with Crippen LogP contribution < -0.4 is 0 Å². The minimum atomic E-state index is -0.243. The number of esters is 1. The Bertz CT molecular complexity index is 531. The van der Waals surface area contributed by atoms with Crippen molar-refractivity contribution in [3.05, 3.63) is 18.7 Å². The molecule has 0 amide bonds. The number of cyclic esters (lactones) is 1. The van der Waals surface area contributed by atoms with Crippen LogP contribution in [0.1, 0.15) is 32.1 Å². The van der Waals surface area contributed by atoms with Gasteiger partial charge in [0.2, 0.25) is 0 Å². The fourth-order valence-corrected chi connectivity index (χ4v) is 4.34. The van der Waals surface area contributed by atoms with Gasteiger partial charge in [0.1, 0.15) is 6.10 Å². The van der Waals surface area contributed by atoms with Crippen LogP contribution in [0, 0.1) is 5.41 Å². The molecule has 0 radical (unpaired) electrons. The molecule has 23 heavy (non-hydrogen) atoms. The van der Waals surface area contributed by atoms with Gasteiger partial charge in [-0.25, -0.2) is 4.98 Å². The van der Waals surface area contributed by atoms with Gasteiger partial charge in [-0.3, -0.25) is 4.79 Å². The number of hydrogen-bond acceptors (Lipinski definition) is 5. The lowest BCUT2D eigenvalue weighted by Gasteiger charge is -2.41. The van der Waals surface area contributed by atoms with Crippen LogP contribution in [0.4, 0.5) is 0 Å². The summed E-state index contributed by atoms with van der Waals surface area (Å²) in [6.07, 6.45) is 10.4. The molecular formula is C17H25N3O3. The first-order valence-corrected chi connectivity index (χ1v) is 8.74. The molecule has 0 aromatic carbocycles. The Morgan fingerprint density at radius 1 is 1.26 bits per heavy atom. The Morgan fingerprint density at radius 3 is 2.74 bits per heavy atom. The van der Waals surface area contributed by atoms with Crippen molar-refractivity contribution in [1.82, 2.24) is 14.5 Å². The number of carbonyl (C=O) groups excluding carboxylic acids is 1. The number of piperidine rings is 1. The van der Waals surface area contributed by atoms with E-state index in [0.29, 0.717) is 6.04 Å². The van der Waals surface area contributed by atoms with E-state index in [9.17, 15) is 4.79 Å². The molecule has 0 bridgehead atoms. The van der Waals surface area contributed by atoms with Gasteiger partial charge in [0.15, 0.2) is 0 Å². The van der Waals surface area contributed by atoms with Crippen molar-refractivity contribution in [3.63, 3.8) is 0 Å². The third kappa shape index (κ3) is 3.02. The standard InChI is InChI=1S/C17H25N3O3/c21-16-17(11-15(23-16)12-19-8-5-18-13-19)3-6-20(7-4-17)14-1-9-22-10-2-14/h5,8,13-15H,1-4,6-7,9-12H2. The van der Waals surface area contributed by atoms with E-state index in [0.717, 1.165) is 65.0 Å². The Morgan fingerprint density at radius 2 is 2.04 bits per heavy atom. The quantitative estimate of drug-likeness (QED) is 0.790. The van der Waals surface area contributed by atoms with Crippen LogP contribution in [-0.2, 0) is 20.8 Å². The minimum Gasteiger partial charge on any atom is -0.460 e. The second kappa shape index (κ2) is 6.24. The normalized spacial score (nSPS) is 29.0. The summed E-state index contributed by atoms with van der Waals surface area (Å²) in [6, 6.07) is 0.639. The van der Waals surface area contributed by atoms with E-state index < -0.39 is 0 Å². The number of likely N-dealkylation sites (tertiary alicyclic amines) is 1. The first-order valence-electron chi connectivity index (χ1n) is 8.74. The fraction of sp³-hybridized carbons (Fsp3) is 0.765. The second-order valence-electron chi connectivity index (χ2n) is 7.15. The zero-order valence-corrected chi connectivity index (χ0v) is 13.5. The molecule has 0 N–H and O–H groups in total. The number of rotatable bonds is 3. The van der Waals surface area contributed by atoms with E-state index in [1.165, 1.54) is 0 Å². The molecule has 3 saturated heterocycles. The number of imidazole rings is 1. The molecule has 126 valence electrons. The van der Waals surface area contributed by atoms with Gasteiger partial charge in [-0.05, 0) is 38.8 Å². The topological polar surface area (TPSA) is 56.6 Å². The van der Waals surface area contributed by atoms with Gasteiger partial charge in [-0.2, -0.15) is 0 Å². The predicted octanol–water partition coefficient (Wildman–Crippen LogP) is 1.46. The highest BCUT2D eigenvalue weighted by Crippen LogP contribution is 2.44. The number of carbonyl (C=O) groups is 1. The van der Waals surface area contributed by atoms with Crippen LogP contribution >= 0.6 is 0 Å². The lowest BCUT2D eigenvalue weighted by molar-refractivity contribution is -0.151. The molecule has 1 aromatic heterocycles. The average Bonchev–Trinajstić information content (AvgIpc) is 3.18. The molecule has 3 aliphatic heterocycles. The van der Waals surface area contributed by atoms with E-state index >= 15 is 0 Å². The van der Waals surface area contributed by atoms with Crippen molar-refractivity contribution in [2.75, 3.05) is 26.3 Å². The predicted molar refractivity (Wildman–Crippen MR) is 83.8 cm³/mol. The molecule has 6 heteroatoms. The molecule has 4 rings (SSSR count). The molecule has 1 unspecified atom stereocenters. The summed E-state index contributed by atoms with van der Waals surface area (Å²) in [5, 5.41) is 0. The lowest BCUT2D eigenvalue weighted by atomic mass is 9.75. The highest BCUT2D eigenvalue weighted by molar-refractivity contribution is 5.79. The Kier molecular flexibility index (Phi) is 4.11. The molecule has 3 aliphatic rings. The number of hydrogen-bond donors (Lipinski definition) is 0. The molecule has 6 nitrogen and oxygen atoms in total. The van der Waals surface area contributed by atoms with Crippen LogP contribution in [0.5, 0.6) is 0 Å². The Hall–Kier alpha value is -1.40. The van der Waals surface area contributed by atoms with E-state index in [1.54, 1.807) is 12.5 Å². The van der Waals surface area contributed by atoms with Gasteiger partial charge in [0, 0.05) is 38.1 Å². The van der Waals surface area contributed by atoms with Crippen molar-refractivity contribution in [2.24, 2.45) is 5.41 Å². The summed E-state index contributed by atoms with van der Waals surface area (Å²) in [5.74, 6) is 0.0224. The van der Waals surface area contributed by atoms with Crippen LogP contribution in [0.3, 0.4) is 0 Å². The van der Waals surface area contributed by atoms with E-state index in [2.05, 4.69) is 9.88 Å². The Balaban J connectivity index is 1.35. The molecule has 0 saturated carbocycles. The maximum atomic E-state index is 12.5. The summed E-state index contributed by atoms with van der Waals surface area (Å²) in [5.41, 5.74) is -0.243. The molecule has 0 aliphatic carbocycles. The Labute approximate surface area is 136 Å².